The van der Waals surface area contributed by atoms with E-state index >= 15 is 0 Å². The van der Waals surface area contributed by atoms with Crippen molar-refractivity contribution >= 4 is 0 Å². The molecule has 0 spiro atoms. The van der Waals surface area contributed by atoms with Gasteiger partial charge in [-0.15, -0.1) is 0 Å². The van der Waals surface area contributed by atoms with E-state index in [2.05, 4.69) is 32.1 Å². The lowest BCUT2D eigenvalue weighted by atomic mass is 9.45. The molecule has 3 heteroatoms. The molecule has 0 saturated heterocycles. The van der Waals surface area contributed by atoms with Gasteiger partial charge in [0.15, 0.2) is 0 Å². The van der Waals surface area contributed by atoms with E-state index in [0.717, 1.165) is 43.6 Å². The summed E-state index contributed by atoms with van der Waals surface area (Å²) in [6.07, 6.45) is 24.1. The predicted octanol–water partition coefficient (Wildman–Crippen LogP) is 7.73. The number of methoxy groups -OCH3 is 1. The highest BCUT2D eigenvalue weighted by Gasteiger charge is 2.62. The van der Waals surface area contributed by atoms with Crippen molar-refractivity contribution in [2.75, 3.05) is 13.7 Å². The zero-order chi connectivity index (χ0) is 23.3. The van der Waals surface area contributed by atoms with E-state index in [1.807, 2.05) is 7.11 Å². The minimum Gasteiger partial charge on any atom is -0.495 e. The van der Waals surface area contributed by atoms with E-state index in [-0.39, 0.29) is 11.5 Å². The second kappa shape index (κ2) is 9.02. The maximum Gasteiger partial charge on any atom is 0.117 e. The third-order valence-electron chi connectivity index (χ3n) is 11.2. The normalized spacial score (nSPS) is 45.6. The van der Waals surface area contributed by atoms with E-state index in [0.29, 0.717) is 17.4 Å². The Bertz CT molecular complexity index is 870. The predicted molar refractivity (Wildman–Crippen MR) is 136 cm³/mol. The lowest BCUT2D eigenvalue weighted by molar-refractivity contribution is -0.119. The molecule has 6 aliphatic rings. The Hall–Kier alpha value is -1.22. The minimum absolute atomic E-state index is 0.204. The molecule has 0 amide bonds. The van der Waals surface area contributed by atoms with Crippen LogP contribution in [0.3, 0.4) is 0 Å². The van der Waals surface area contributed by atoms with Crippen LogP contribution in [0.4, 0.5) is 0 Å². The van der Waals surface area contributed by atoms with Gasteiger partial charge in [0.25, 0.3) is 0 Å². The summed E-state index contributed by atoms with van der Waals surface area (Å²) in [5.41, 5.74) is 2.22. The van der Waals surface area contributed by atoms with Crippen LogP contribution in [0.15, 0.2) is 35.3 Å². The first-order valence-electron chi connectivity index (χ1n) is 14.5. The first-order valence-corrected chi connectivity index (χ1v) is 14.5. The molecule has 0 aliphatic heterocycles. The van der Waals surface area contributed by atoms with E-state index in [4.69, 9.17) is 14.2 Å². The molecule has 8 atom stereocenters. The van der Waals surface area contributed by atoms with Crippen molar-refractivity contribution in [2.24, 2.45) is 34.5 Å². The lowest BCUT2D eigenvalue weighted by Crippen LogP contribution is -2.56. The molecule has 3 fully saturated rings. The number of fused-ring (bicyclic) bond motifs is 5. The Morgan fingerprint density at radius 2 is 1.68 bits per heavy atom. The average Bonchev–Trinajstić information content (AvgIpc) is 3.58. The van der Waals surface area contributed by atoms with Crippen LogP contribution in [0.5, 0.6) is 0 Å². The summed E-state index contributed by atoms with van der Waals surface area (Å²) in [5, 5.41) is 0. The summed E-state index contributed by atoms with van der Waals surface area (Å²) in [5.74, 6) is 5.51. The van der Waals surface area contributed by atoms with Gasteiger partial charge in [-0.3, -0.25) is 0 Å². The first-order chi connectivity index (χ1) is 16.5. The molecule has 0 aromatic carbocycles. The third kappa shape index (κ3) is 3.62. The van der Waals surface area contributed by atoms with Crippen molar-refractivity contribution in [2.45, 2.75) is 110 Å². The first kappa shape index (κ1) is 23.2. The second-order valence-electron chi connectivity index (χ2n) is 12.7. The van der Waals surface area contributed by atoms with Crippen LogP contribution in [-0.2, 0) is 14.2 Å². The van der Waals surface area contributed by atoms with Crippen molar-refractivity contribution < 1.29 is 14.2 Å². The SMILES string of the molecule is COC[C@@]12C(=CC(OC3=CCCC3)CC1C)CC[C@@H]1[C@H]2CC[C@]2(C)C(OC3=CCCC3)CC[C@@H]12. The van der Waals surface area contributed by atoms with E-state index in [9.17, 15) is 0 Å². The van der Waals surface area contributed by atoms with Gasteiger partial charge in [-0.2, -0.15) is 0 Å². The highest BCUT2D eigenvalue weighted by molar-refractivity contribution is 5.29. The molecule has 0 bridgehead atoms. The second-order valence-corrected chi connectivity index (χ2v) is 12.7. The summed E-state index contributed by atoms with van der Waals surface area (Å²) in [4.78, 5) is 0. The van der Waals surface area contributed by atoms with E-state index in [1.165, 1.54) is 75.7 Å². The fourth-order valence-electron chi connectivity index (χ4n) is 9.58. The summed E-state index contributed by atoms with van der Waals surface area (Å²) < 4.78 is 19.3. The molecule has 3 saturated carbocycles. The molecule has 3 nitrogen and oxygen atoms in total. The molecule has 188 valence electrons. The average molecular weight is 467 g/mol. The number of hydrogen-bond donors (Lipinski definition) is 0. The van der Waals surface area contributed by atoms with Crippen LogP contribution in [-0.4, -0.2) is 25.9 Å². The topological polar surface area (TPSA) is 27.7 Å². The van der Waals surface area contributed by atoms with Crippen LogP contribution in [0.2, 0.25) is 0 Å². The van der Waals surface area contributed by atoms with Crippen molar-refractivity contribution in [1.29, 1.82) is 0 Å². The molecule has 3 unspecified atom stereocenters. The summed E-state index contributed by atoms with van der Waals surface area (Å²) in [6, 6.07) is 0. The monoisotopic (exact) mass is 466 g/mol. The van der Waals surface area contributed by atoms with Crippen LogP contribution in [0.1, 0.15) is 97.3 Å². The molecule has 6 aliphatic carbocycles. The molecule has 0 aromatic heterocycles. The van der Waals surface area contributed by atoms with Crippen molar-refractivity contribution in [3.63, 3.8) is 0 Å². The van der Waals surface area contributed by atoms with Gasteiger partial charge in [0.05, 0.1) is 18.1 Å². The van der Waals surface area contributed by atoms with Gasteiger partial charge in [0, 0.05) is 30.8 Å². The highest BCUT2D eigenvalue weighted by atomic mass is 16.5. The number of ether oxygens (including phenoxy) is 3. The Morgan fingerprint density at radius 3 is 2.38 bits per heavy atom. The zero-order valence-electron chi connectivity index (χ0n) is 21.8. The van der Waals surface area contributed by atoms with Gasteiger partial charge < -0.3 is 14.2 Å². The molecular weight excluding hydrogens is 420 g/mol. The van der Waals surface area contributed by atoms with Crippen LogP contribution in [0.25, 0.3) is 0 Å². The van der Waals surface area contributed by atoms with E-state index in [1.54, 1.807) is 5.57 Å². The number of rotatable bonds is 6. The number of allylic oxidation sites excluding steroid dienone is 4. The van der Waals surface area contributed by atoms with E-state index < -0.39 is 0 Å². The Labute approximate surface area is 207 Å². The Kier molecular flexibility index (Phi) is 6.15. The van der Waals surface area contributed by atoms with Crippen molar-refractivity contribution in [3.05, 3.63) is 35.3 Å². The standard InChI is InChI=1S/C31H46O3/c1-21-18-25(33-23-8-4-5-9-23)19-22-12-13-26-27-14-15-29(34-24-10-6-7-11-24)30(27,2)17-16-28(26)31(21,22)20-32-3/h8,10,19,21,25-29H,4-7,9,11-18,20H2,1-3H3/t21?,25?,26-,27-,28+,29?,30-,31-/m0/s1. The quantitative estimate of drug-likeness (QED) is 0.375. The summed E-state index contributed by atoms with van der Waals surface area (Å²) in [7, 11) is 1.93. The minimum atomic E-state index is 0.204. The highest BCUT2D eigenvalue weighted by Crippen LogP contribution is 2.67. The van der Waals surface area contributed by atoms with Gasteiger partial charge in [-0.25, -0.2) is 0 Å². The van der Waals surface area contributed by atoms with Crippen LogP contribution in [0, 0.1) is 34.5 Å². The van der Waals surface area contributed by atoms with Gasteiger partial charge in [-0.1, -0.05) is 19.4 Å². The van der Waals surface area contributed by atoms with Gasteiger partial charge in [0.1, 0.15) is 12.2 Å². The fraction of sp³-hybridized carbons (Fsp3) is 0.806. The maximum atomic E-state index is 6.71. The molecule has 0 aromatic rings. The fourth-order valence-corrected chi connectivity index (χ4v) is 9.58. The van der Waals surface area contributed by atoms with Crippen LogP contribution < -0.4 is 0 Å². The van der Waals surface area contributed by atoms with Crippen molar-refractivity contribution in [3.8, 4) is 0 Å². The molecule has 0 radical (unpaired) electrons. The molecule has 34 heavy (non-hydrogen) atoms. The van der Waals surface area contributed by atoms with Gasteiger partial charge >= 0.3 is 0 Å². The Balaban J connectivity index is 1.26. The zero-order valence-corrected chi connectivity index (χ0v) is 21.8. The van der Waals surface area contributed by atoms with Gasteiger partial charge in [-0.05, 0) is 113 Å². The smallest absolute Gasteiger partial charge is 0.117 e. The van der Waals surface area contributed by atoms with Gasteiger partial charge in [0.2, 0.25) is 0 Å². The largest absolute Gasteiger partial charge is 0.495 e. The number of hydrogen-bond acceptors (Lipinski definition) is 3. The lowest BCUT2D eigenvalue weighted by Gasteiger charge is -2.61. The summed E-state index contributed by atoms with van der Waals surface area (Å²) >= 11 is 0. The molecule has 0 N–H and O–H groups in total. The molecule has 6 rings (SSSR count). The molecule has 0 heterocycles. The maximum absolute atomic E-state index is 6.71. The third-order valence-corrected chi connectivity index (χ3v) is 11.2. The molecular formula is C31H46O3. The summed E-state index contributed by atoms with van der Waals surface area (Å²) in [6.45, 7) is 5.97. The van der Waals surface area contributed by atoms with Crippen LogP contribution >= 0.6 is 0 Å². The van der Waals surface area contributed by atoms with Crippen molar-refractivity contribution in [1.82, 2.24) is 0 Å². The Morgan fingerprint density at radius 1 is 0.912 bits per heavy atom.